The Morgan fingerprint density at radius 3 is 2.17 bits per heavy atom. The Hall–Kier alpha value is -0.960. The van der Waals surface area contributed by atoms with E-state index in [2.05, 4.69) is 35.8 Å². The first-order valence-electron chi connectivity index (χ1n) is 7.25. The van der Waals surface area contributed by atoms with Gasteiger partial charge >= 0.3 is 0 Å². The van der Waals surface area contributed by atoms with E-state index in [0.717, 1.165) is 19.3 Å². The predicted octanol–water partition coefficient (Wildman–Crippen LogP) is 3.09. The Labute approximate surface area is 112 Å². The number of nitrogens with zero attached hydrogens (tertiary/aromatic N) is 3. The maximum absolute atomic E-state index is 4.47. The van der Waals surface area contributed by atoms with Gasteiger partial charge < -0.3 is 4.90 Å². The number of rotatable bonds is 9. The monoisotopic (exact) mass is 249 g/mol. The minimum Gasteiger partial charge on any atom is -0.306 e. The lowest BCUT2D eigenvalue weighted by Crippen LogP contribution is -2.20. The van der Waals surface area contributed by atoms with Crippen LogP contribution in [0.3, 0.4) is 0 Å². The number of unbranched alkanes of at least 4 members (excludes halogenated alkanes) is 1. The highest BCUT2D eigenvalue weighted by Gasteiger charge is 2.04. The van der Waals surface area contributed by atoms with Crippen molar-refractivity contribution >= 4 is 0 Å². The van der Waals surface area contributed by atoms with E-state index in [9.17, 15) is 0 Å². The van der Waals surface area contributed by atoms with Gasteiger partial charge in [-0.25, -0.2) is 0 Å². The molecule has 1 aromatic rings. The van der Waals surface area contributed by atoms with Gasteiger partial charge in [0.25, 0.3) is 0 Å². The van der Waals surface area contributed by atoms with Gasteiger partial charge in [0.2, 0.25) is 0 Å². The molecule has 3 nitrogen and oxygen atoms in total. The standard InChI is InChI=1S/C15H27N3/c1-4-8-14-15(17-11-10-16-14)9-6-7-13-18(3)12-5-2/h10-11H,4-9,12-13H2,1-3H3. The normalized spacial score (nSPS) is 11.1. The van der Waals surface area contributed by atoms with Crippen molar-refractivity contribution in [2.75, 3.05) is 20.1 Å². The van der Waals surface area contributed by atoms with E-state index >= 15 is 0 Å². The lowest BCUT2D eigenvalue weighted by molar-refractivity contribution is 0.326. The fourth-order valence-electron chi connectivity index (χ4n) is 2.22. The molecule has 0 amide bonds. The van der Waals surface area contributed by atoms with Gasteiger partial charge in [0.15, 0.2) is 0 Å². The SMILES string of the molecule is CCCc1nccnc1CCCCN(C)CCC. The van der Waals surface area contributed by atoms with Crippen molar-refractivity contribution in [3.8, 4) is 0 Å². The van der Waals surface area contributed by atoms with Gasteiger partial charge in [-0.2, -0.15) is 0 Å². The molecule has 18 heavy (non-hydrogen) atoms. The van der Waals surface area contributed by atoms with Crippen molar-refractivity contribution < 1.29 is 0 Å². The van der Waals surface area contributed by atoms with Crippen molar-refractivity contribution in [1.29, 1.82) is 0 Å². The first-order valence-corrected chi connectivity index (χ1v) is 7.25. The highest BCUT2D eigenvalue weighted by molar-refractivity contribution is 5.10. The highest BCUT2D eigenvalue weighted by atomic mass is 15.1. The van der Waals surface area contributed by atoms with E-state index in [1.54, 1.807) is 0 Å². The molecule has 0 aliphatic rings. The van der Waals surface area contributed by atoms with E-state index in [4.69, 9.17) is 0 Å². The summed E-state index contributed by atoms with van der Waals surface area (Å²) < 4.78 is 0. The summed E-state index contributed by atoms with van der Waals surface area (Å²) in [5, 5.41) is 0. The van der Waals surface area contributed by atoms with E-state index in [1.165, 1.54) is 43.7 Å². The van der Waals surface area contributed by atoms with Crippen molar-refractivity contribution in [2.45, 2.75) is 52.4 Å². The van der Waals surface area contributed by atoms with Crippen LogP contribution in [0, 0.1) is 0 Å². The van der Waals surface area contributed by atoms with Gasteiger partial charge in [0.1, 0.15) is 0 Å². The van der Waals surface area contributed by atoms with Crippen LogP contribution in [0.1, 0.15) is 50.9 Å². The average Bonchev–Trinajstić information content (AvgIpc) is 2.37. The smallest absolute Gasteiger partial charge is 0.0618 e. The number of aromatic nitrogens is 2. The van der Waals surface area contributed by atoms with Crippen LogP contribution in [0.2, 0.25) is 0 Å². The Morgan fingerprint density at radius 2 is 1.56 bits per heavy atom. The largest absolute Gasteiger partial charge is 0.306 e. The quantitative estimate of drug-likeness (QED) is 0.630. The van der Waals surface area contributed by atoms with Gasteiger partial charge in [0.05, 0.1) is 11.4 Å². The predicted molar refractivity (Wildman–Crippen MR) is 76.8 cm³/mol. The zero-order chi connectivity index (χ0) is 13.2. The molecule has 0 fully saturated rings. The van der Waals surface area contributed by atoms with Crippen molar-refractivity contribution in [1.82, 2.24) is 14.9 Å². The second-order valence-electron chi connectivity index (χ2n) is 4.96. The third-order valence-corrected chi connectivity index (χ3v) is 3.16. The van der Waals surface area contributed by atoms with Crippen LogP contribution in [0.15, 0.2) is 12.4 Å². The Kier molecular flexibility index (Phi) is 7.58. The van der Waals surface area contributed by atoms with Crippen LogP contribution in [0.5, 0.6) is 0 Å². The molecule has 0 saturated heterocycles. The van der Waals surface area contributed by atoms with Crippen molar-refractivity contribution in [2.24, 2.45) is 0 Å². The molecule has 0 aliphatic heterocycles. The summed E-state index contributed by atoms with van der Waals surface area (Å²) in [6, 6.07) is 0. The third-order valence-electron chi connectivity index (χ3n) is 3.16. The van der Waals surface area contributed by atoms with Gasteiger partial charge in [-0.1, -0.05) is 20.3 Å². The molecule has 1 aromatic heterocycles. The van der Waals surface area contributed by atoms with Crippen molar-refractivity contribution in [3.63, 3.8) is 0 Å². The van der Waals surface area contributed by atoms with Crippen LogP contribution in [0.4, 0.5) is 0 Å². The number of aryl methyl sites for hydroxylation is 2. The van der Waals surface area contributed by atoms with Gasteiger partial charge in [-0.15, -0.1) is 0 Å². The maximum Gasteiger partial charge on any atom is 0.0618 e. The van der Waals surface area contributed by atoms with Crippen molar-refractivity contribution in [3.05, 3.63) is 23.8 Å². The Morgan fingerprint density at radius 1 is 0.889 bits per heavy atom. The fraction of sp³-hybridized carbons (Fsp3) is 0.733. The van der Waals surface area contributed by atoms with Gasteiger partial charge in [-0.3, -0.25) is 9.97 Å². The first kappa shape index (κ1) is 15.1. The van der Waals surface area contributed by atoms with Gasteiger partial charge in [0, 0.05) is 12.4 Å². The first-order chi connectivity index (χ1) is 8.77. The lowest BCUT2D eigenvalue weighted by atomic mass is 10.1. The minimum atomic E-state index is 1.05. The second kappa shape index (κ2) is 9.03. The van der Waals surface area contributed by atoms with Crippen LogP contribution in [0.25, 0.3) is 0 Å². The van der Waals surface area contributed by atoms with E-state index in [1.807, 2.05) is 12.4 Å². The minimum absolute atomic E-state index is 1.05. The highest BCUT2D eigenvalue weighted by Crippen LogP contribution is 2.09. The summed E-state index contributed by atoms with van der Waals surface area (Å²) in [4.78, 5) is 11.3. The second-order valence-corrected chi connectivity index (χ2v) is 4.96. The summed E-state index contributed by atoms with van der Waals surface area (Å²) >= 11 is 0. The molecule has 1 rings (SSSR count). The molecule has 0 N–H and O–H groups in total. The summed E-state index contributed by atoms with van der Waals surface area (Å²) in [7, 11) is 2.20. The summed E-state index contributed by atoms with van der Waals surface area (Å²) in [5.41, 5.74) is 2.40. The molecule has 0 aliphatic carbocycles. The molecule has 0 bridgehead atoms. The number of hydrogen-bond donors (Lipinski definition) is 0. The molecule has 0 radical (unpaired) electrons. The third kappa shape index (κ3) is 5.58. The molecule has 0 saturated carbocycles. The van der Waals surface area contributed by atoms with Gasteiger partial charge in [-0.05, 0) is 52.2 Å². The molecule has 0 spiro atoms. The Balaban J connectivity index is 2.30. The summed E-state index contributed by atoms with van der Waals surface area (Å²) in [5.74, 6) is 0. The van der Waals surface area contributed by atoms with E-state index in [0.29, 0.717) is 0 Å². The molecular formula is C15H27N3. The molecular weight excluding hydrogens is 222 g/mol. The molecule has 102 valence electrons. The lowest BCUT2D eigenvalue weighted by Gasteiger charge is -2.15. The number of hydrogen-bond acceptors (Lipinski definition) is 3. The average molecular weight is 249 g/mol. The zero-order valence-corrected chi connectivity index (χ0v) is 12.2. The maximum atomic E-state index is 4.47. The van der Waals surface area contributed by atoms with Crippen LogP contribution in [-0.4, -0.2) is 35.0 Å². The molecule has 3 heteroatoms. The molecule has 0 aromatic carbocycles. The molecule has 0 unspecified atom stereocenters. The molecule has 1 heterocycles. The van der Waals surface area contributed by atoms with Crippen LogP contribution >= 0.6 is 0 Å². The fourth-order valence-corrected chi connectivity index (χ4v) is 2.22. The summed E-state index contributed by atoms with van der Waals surface area (Å²) in [6.45, 7) is 6.81. The van der Waals surface area contributed by atoms with E-state index < -0.39 is 0 Å². The van der Waals surface area contributed by atoms with E-state index in [-0.39, 0.29) is 0 Å². The Bertz CT molecular complexity index is 325. The topological polar surface area (TPSA) is 29.0 Å². The summed E-state index contributed by atoms with van der Waals surface area (Å²) in [6.07, 6.45) is 10.6. The van der Waals surface area contributed by atoms with Crippen LogP contribution < -0.4 is 0 Å². The molecule has 0 atom stereocenters. The van der Waals surface area contributed by atoms with Crippen LogP contribution in [-0.2, 0) is 12.8 Å². The zero-order valence-electron chi connectivity index (χ0n) is 12.2.